The number of nitrogens with one attached hydrogen (secondary N) is 1. The molecule has 1 saturated carbocycles. The van der Waals surface area contributed by atoms with Gasteiger partial charge in [0.15, 0.2) is 0 Å². The molecule has 0 radical (unpaired) electrons. The maximum absolute atomic E-state index is 3.92. The second-order valence-corrected chi connectivity index (χ2v) is 6.33. The first-order valence-corrected chi connectivity index (χ1v) is 7.64. The maximum Gasteiger partial charge on any atom is 0.0113 e. The molecular formula is C17H25N. The Kier molecular flexibility index (Phi) is 3.69. The highest BCUT2D eigenvalue weighted by atomic mass is 15.0. The molecule has 0 aliphatic heterocycles. The molecule has 1 fully saturated rings. The second-order valence-electron chi connectivity index (χ2n) is 6.33. The minimum Gasteiger partial charge on any atom is -0.311 e. The van der Waals surface area contributed by atoms with E-state index >= 15 is 0 Å². The normalized spacial score (nSPS) is 31.9. The summed E-state index contributed by atoms with van der Waals surface area (Å²) in [6.45, 7) is 2.40. The lowest BCUT2D eigenvalue weighted by Gasteiger charge is -2.33. The number of fused-ring (bicyclic) bond motifs is 1. The molecule has 1 N–H and O–H groups in total. The van der Waals surface area contributed by atoms with Gasteiger partial charge in [-0.1, -0.05) is 31.2 Å². The van der Waals surface area contributed by atoms with Crippen LogP contribution in [0.5, 0.6) is 0 Å². The Morgan fingerprint density at radius 1 is 0.889 bits per heavy atom. The molecular weight excluding hydrogens is 218 g/mol. The quantitative estimate of drug-likeness (QED) is 0.835. The summed E-state index contributed by atoms with van der Waals surface area (Å²) in [4.78, 5) is 0. The third-order valence-corrected chi connectivity index (χ3v) is 4.83. The van der Waals surface area contributed by atoms with Crippen LogP contribution in [0, 0.1) is 5.92 Å². The molecule has 3 rings (SSSR count). The predicted molar refractivity (Wildman–Crippen MR) is 76.8 cm³/mol. The van der Waals surface area contributed by atoms with E-state index in [1.165, 1.54) is 44.9 Å². The molecule has 98 valence electrons. The molecule has 0 aromatic heterocycles. The van der Waals surface area contributed by atoms with E-state index in [4.69, 9.17) is 0 Å². The SMILES string of the molecule is CC1CCC(NC2CCc3ccccc3C2)CC1. The monoisotopic (exact) mass is 243 g/mol. The van der Waals surface area contributed by atoms with E-state index in [9.17, 15) is 0 Å². The van der Waals surface area contributed by atoms with Gasteiger partial charge in [-0.2, -0.15) is 0 Å². The van der Waals surface area contributed by atoms with Gasteiger partial charge in [0.25, 0.3) is 0 Å². The lowest BCUT2D eigenvalue weighted by Crippen LogP contribution is -2.43. The third-order valence-electron chi connectivity index (χ3n) is 4.83. The first-order valence-electron chi connectivity index (χ1n) is 7.64. The van der Waals surface area contributed by atoms with E-state index in [0.29, 0.717) is 0 Å². The average molecular weight is 243 g/mol. The van der Waals surface area contributed by atoms with Gasteiger partial charge in [0.05, 0.1) is 0 Å². The van der Waals surface area contributed by atoms with Crippen LogP contribution in [0.25, 0.3) is 0 Å². The van der Waals surface area contributed by atoms with Crippen molar-refractivity contribution in [2.45, 2.75) is 64.0 Å². The topological polar surface area (TPSA) is 12.0 Å². The predicted octanol–water partition coefficient (Wildman–Crippen LogP) is 3.71. The molecule has 1 aromatic carbocycles. The summed E-state index contributed by atoms with van der Waals surface area (Å²) in [5, 5.41) is 3.92. The third kappa shape index (κ3) is 2.77. The summed E-state index contributed by atoms with van der Waals surface area (Å²) >= 11 is 0. The lowest BCUT2D eigenvalue weighted by atomic mass is 9.84. The number of rotatable bonds is 2. The number of hydrogen-bond donors (Lipinski definition) is 1. The van der Waals surface area contributed by atoms with Crippen LogP contribution in [0.4, 0.5) is 0 Å². The molecule has 1 unspecified atom stereocenters. The van der Waals surface area contributed by atoms with Crippen molar-refractivity contribution in [2.75, 3.05) is 0 Å². The van der Waals surface area contributed by atoms with E-state index in [1.807, 2.05) is 0 Å². The van der Waals surface area contributed by atoms with Gasteiger partial charge >= 0.3 is 0 Å². The zero-order chi connectivity index (χ0) is 12.4. The molecule has 18 heavy (non-hydrogen) atoms. The average Bonchev–Trinajstić information content (AvgIpc) is 2.41. The maximum atomic E-state index is 3.92. The van der Waals surface area contributed by atoms with Crippen LogP contribution in [0.15, 0.2) is 24.3 Å². The van der Waals surface area contributed by atoms with Crippen molar-refractivity contribution in [2.24, 2.45) is 5.92 Å². The fraction of sp³-hybridized carbons (Fsp3) is 0.647. The van der Waals surface area contributed by atoms with Crippen LogP contribution in [-0.4, -0.2) is 12.1 Å². The van der Waals surface area contributed by atoms with Crippen LogP contribution in [0.2, 0.25) is 0 Å². The zero-order valence-corrected chi connectivity index (χ0v) is 11.5. The van der Waals surface area contributed by atoms with E-state index in [1.54, 1.807) is 11.1 Å². The van der Waals surface area contributed by atoms with Gasteiger partial charge in [0.1, 0.15) is 0 Å². The molecule has 0 spiro atoms. The van der Waals surface area contributed by atoms with Crippen LogP contribution >= 0.6 is 0 Å². The van der Waals surface area contributed by atoms with Gasteiger partial charge in [0, 0.05) is 12.1 Å². The molecule has 1 heteroatoms. The van der Waals surface area contributed by atoms with Crippen LogP contribution in [0.3, 0.4) is 0 Å². The van der Waals surface area contributed by atoms with E-state index < -0.39 is 0 Å². The smallest absolute Gasteiger partial charge is 0.0113 e. The summed E-state index contributed by atoms with van der Waals surface area (Å²) in [5.74, 6) is 0.954. The molecule has 1 aromatic rings. The van der Waals surface area contributed by atoms with Gasteiger partial charge in [-0.3, -0.25) is 0 Å². The van der Waals surface area contributed by atoms with Crippen molar-refractivity contribution in [1.82, 2.24) is 5.32 Å². The van der Waals surface area contributed by atoms with Crippen molar-refractivity contribution in [3.05, 3.63) is 35.4 Å². The van der Waals surface area contributed by atoms with Gasteiger partial charge in [-0.15, -0.1) is 0 Å². The van der Waals surface area contributed by atoms with Gasteiger partial charge in [-0.25, -0.2) is 0 Å². The molecule has 1 nitrogen and oxygen atoms in total. The zero-order valence-electron chi connectivity index (χ0n) is 11.5. The summed E-state index contributed by atoms with van der Waals surface area (Å²) in [5.41, 5.74) is 3.15. The Morgan fingerprint density at radius 2 is 1.61 bits per heavy atom. The summed E-state index contributed by atoms with van der Waals surface area (Å²) in [6.07, 6.45) is 9.43. The highest BCUT2D eigenvalue weighted by Gasteiger charge is 2.23. The molecule has 2 aliphatic rings. The first kappa shape index (κ1) is 12.2. The Balaban J connectivity index is 1.56. The van der Waals surface area contributed by atoms with Crippen LogP contribution in [-0.2, 0) is 12.8 Å². The Hall–Kier alpha value is -0.820. The molecule has 0 bridgehead atoms. The fourth-order valence-corrected chi connectivity index (χ4v) is 3.60. The highest BCUT2D eigenvalue weighted by Crippen LogP contribution is 2.26. The molecule has 1 atom stereocenters. The van der Waals surface area contributed by atoms with E-state index in [-0.39, 0.29) is 0 Å². The van der Waals surface area contributed by atoms with Crippen molar-refractivity contribution in [3.63, 3.8) is 0 Å². The largest absolute Gasteiger partial charge is 0.311 e. The number of benzene rings is 1. The van der Waals surface area contributed by atoms with Gasteiger partial charge < -0.3 is 5.32 Å². The second kappa shape index (κ2) is 5.44. The molecule has 0 amide bonds. The molecule has 0 saturated heterocycles. The van der Waals surface area contributed by atoms with Crippen molar-refractivity contribution >= 4 is 0 Å². The van der Waals surface area contributed by atoms with Crippen LogP contribution in [0.1, 0.15) is 50.2 Å². The minimum absolute atomic E-state index is 0.721. The Bertz CT molecular complexity index is 390. The highest BCUT2D eigenvalue weighted by molar-refractivity contribution is 5.30. The summed E-state index contributed by atoms with van der Waals surface area (Å²) < 4.78 is 0. The molecule has 2 aliphatic carbocycles. The Labute approximate surface area is 111 Å². The van der Waals surface area contributed by atoms with E-state index in [0.717, 1.165) is 18.0 Å². The standard InChI is InChI=1S/C17H25N/c1-13-6-9-16(10-7-13)18-17-11-8-14-4-2-3-5-15(14)12-17/h2-5,13,16-18H,6-12H2,1H3. The summed E-state index contributed by atoms with van der Waals surface area (Å²) in [7, 11) is 0. The Morgan fingerprint density at radius 3 is 2.39 bits per heavy atom. The number of hydrogen-bond acceptors (Lipinski definition) is 1. The van der Waals surface area contributed by atoms with E-state index in [2.05, 4.69) is 36.5 Å². The minimum atomic E-state index is 0.721. The first-order chi connectivity index (χ1) is 8.81. The molecule has 0 heterocycles. The number of aryl methyl sites for hydroxylation is 1. The van der Waals surface area contributed by atoms with Crippen molar-refractivity contribution in [3.8, 4) is 0 Å². The van der Waals surface area contributed by atoms with Gasteiger partial charge in [0.2, 0.25) is 0 Å². The van der Waals surface area contributed by atoms with Gasteiger partial charge in [-0.05, 0) is 62.0 Å². The van der Waals surface area contributed by atoms with Crippen molar-refractivity contribution in [1.29, 1.82) is 0 Å². The van der Waals surface area contributed by atoms with Crippen molar-refractivity contribution < 1.29 is 0 Å². The fourth-order valence-electron chi connectivity index (χ4n) is 3.60. The summed E-state index contributed by atoms with van der Waals surface area (Å²) in [6, 6.07) is 10.5. The lowest BCUT2D eigenvalue weighted by molar-refractivity contribution is 0.277. The van der Waals surface area contributed by atoms with Crippen LogP contribution < -0.4 is 5.32 Å².